The Hall–Kier alpha value is -3.42. The van der Waals surface area contributed by atoms with Gasteiger partial charge in [-0.3, -0.25) is 19.6 Å². The number of rotatable bonds is 4. The summed E-state index contributed by atoms with van der Waals surface area (Å²) in [4.78, 5) is 31.6. The van der Waals surface area contributed by atoms with E-state index in [1.807, 2.05) is 0 Å². The van der Waals surface area contributed by atoms with E-state index >= 15 is 0 Å². The van der Waals surface area contributed by atoms with Gasteiger partial charge >= 0.3 is 11.8 Å². The summed E-state index contributed by atoms with van der Waals surface area (Å²) in [7, 11) is 0. The fourth-order valence-corrected chi connectivity index (χ4v) is 1.64. The van der Waals surface area contributed by atoms with E-state index in [0.29, 0.717) is 22.8 Å². The summed E-state index contributed by atoms with van der Waals surface area (Å²) in [6.45, 7) is 3.34. The smallest absolute Gasteiger partial charge is 0.262 e. The van der Waals surface area contributed by atoms with Crippen molar-refractivity contribution in [1.82, 2.24) is 20.8 Å². The number of nitrogens with one attached hydrogen (secondary N) is 2. The lowest BCUT2D eigenvalue weighted by molar-refractivity contribution is -0.139. The van der Waals surface area contributed by atoms with Gasteiger partial charge in [-0.15, -0.1) is 0 Å². The van der Waals surface area contributed by atoms with E-state index < -0.39 is 11.8 Å². The Morgan fingerprint density at radius 3 is 1.54 bits per heavy atom. The quantitative estimate of drug-likeness (QED) is 0.494. The molecule has 0 aliphatic carbocycles. The first-order valence-corrected chi connectivity index (χ1v) is 7.09. The van der Waals surface area contributed by atoms with Gasteiger partial charge in [-0.05, 0) is 38.1 Å². The highest BCUT2D eigenvalue weighted by Gasteiger charge is 2.12. The molecule has 0 fully saturated rings. The van der Waals surface area contributed by atoms with Crippen LogP contribution in [0.15, 0.2) is 59.0 Å². The van der Waals surface area contributed by atoms with Crippen LogP contribution in [0.2, 0.25) is 0 Å². The molecule has 2 heterocycles. The van der Waals surface area contributed by atoms with Gasteiger partial charge < -0.3 is 0 Å². The molecule has 0 aromatic carbocycles. The lowest BCUT2D eigenvalue weighted by Crippen LogP contribution is -2.36. The van der Waals surface area contributed by atoms with Crippen LogP contribution in [0.5, 0.6) is 0 Å². The van der Waals surface area contributed by atoms with Gasteiger partial charge in [0.25, 0.3) is 0 Å². The van der Waals surface area contributed by atoms with E-state index in [1.165, 1.54) is 0 Å². The zero-order valence-electron chi connectivity index (χ0n) is 13.2. The van der Waals surface area contributed by atoms with Crippen molar-refractivity contribution >= 4 is 23.2 Å². The zero-order valence-corrected chi connectivity index (χ0v) is 13.2. The summed E-state index contributed by atoms with van der Waals surface area (Å²) in [5.74, 6) is -1.86. The average molecular weight is 324 g/mol. The van der Waals surface area contributed by atoms with Crippen molar-refractivity contribution < 1.29 is 9.59 Å². The Morgan fingerprint density at radius 2 is 1.21 bits per heavy atom. The molecule has 2 amide bonds. The Labute approximate surface area is 138 Å². The first kappa shape index (κ1) is 16.9. The predicted octanol–water partition coefficient (Wildman–Crippen LogP) is 0.857. The number of nitrogens with zero attached hydrogens (tertiary/aromatic N) is 4. The summed E-state index contributed by atoms with van der Waals surface area (Å²) < 4.78 is 0. The number of hydrogen-bond donors (Lipinski definition) is 2. The normalized spacial score (nSPS) is 11.8. The Kier molecular flexibility index (Phi) is 5.84. The molecule has 0 radical (unpaired) electrons. The third kappa shape index (κ3) is 4.80. The number of carbonyl (C=O) groups is 2. The van der Waals surface area contributed by atoms with Gasteiger partial charge in [0.2, 0.25) is 0 Å². The minimum Gasteiger partial charge on any atom is -0.262 e. The van der Waals surface area contributed by atoms with Crippen molar-refractivity contribution in [2.45, 2.75) is 13.8 Å². The second kappa shape index (κ2) is 8.28. The van der Waals surface area contributed by atoms with Crippen LogP contribution >= 0.6 is 0 Å². The van der Waals surface area contributed by atoms with Crippen molar-refractivity contribution in [1.29, 1.82) is 0 Å². The molecule has 0 spiro atoms. The van der Waals surface area contributed by atoms with Gasteiger partial charge in [0.1, 0.15) is 0 Å². The molecular weight excluding hydrogens is 308 g/mol. The predicted molar refractivity (Wildman–Crippen MR) is 89.2 cm³/mol. The molecule has 0 unspecified atom stereocenters. The zero-order chi connectivity index (χ0) is 17.4. The van der Waals surface area contributed by atoms with Crippen LogP contribution < -0.4 is 10.9 Å². The van der Waals surface area contributed by atoms with Crippen LogP contribution in [0, 0.1) is 0 Å². The summed E-state index contributed by atoms with van der Waals surface area (Å²) in [6, 6.07) is 10.6. The fraction of sp³-hybridized carbons (Fsp3) is 0.125. The van der Waals surface area contributed by atoms with Crippen molar-refractivity contribution in [3.8, 4) is 0 Å². The maximum absolute atomic E-state index is 11.7. The lowest BCUT2D eigenvalue weighted by atomic mass is 10.3. The molecule has 0 aliphatic rings. The van der Waals surface area contributed by atoms with Gasteiger partial charge in [-0.25, -0.2) is 10.9 Å². The molecule has 0 aliphatic heterocycles. The Balaban J connectivity index is 1.92. The number of amides is 2. The summed E-state index contributed by atoms with van der Waals surface area (Å²) in [6.07, 6.45) is 3.22. The van der Waals surface area contributed by atoms with Crippen LogP contribution in [0.3, 0.4) is 0 Å². The topological polar surface area (TPSA) is 109 Å². The van der Waals surface area contributed by atoms with E-state index in [1.54, 1.807) is 62.6 Å². The molecule has 8 nitrogen and oxygen atoms in total. The highest BCUT2D eigenvalue weighted by atomic mass is 16.2. The first-order chi connectivity index (χ1) is 11.6. The number of pyridine rings is 2. The number of hydrazone groups is 2. The van der Waals surface area contributed by atoms with E-state index in [9.17, 15) is 9.59 Å². The largest absolute Gasteiger partial charge is 0.331 e. The Morgan fingerprint density at radius 1 is 0.792 bits per heavy atom. The molecule has 2 aromatic rings. The first-order valence-electron chi connectivity index (χ1n) is 7.09. The maximum Gasteiger partial charge on any atom is 0.331 e. The average Bonchev–Trinajstić information content (AvgIpc) is 2.64. The van der Waals surface area contributed by atoms with Gasteiger partial charge in [0, 0.05) is 12.4 Å². The summed E-state index contributed by atoms with van der Waals surface area (Å²) in [5.41, 5.74) is 6.46. The molecule has 24 heavy (non-hydrogen) atoms. The second-order valence-corrected chi connectivity index (χ2v) is 4.71. The number of aromatic nitrogens is 2. The van der Waals surface area contributed by atoms with E-state index in [4.69, 9.17) is 0 Å². The SMILES string of the molecule is C/C(=N\NC(=O)C(=O)N/N=C(\C)c1ccccn1)c1ccccn1. The molecule has 0 bridgehead atoms. The van der Waals surface area contributed by atoms with Crippen LogP contribution in [0.4, 0.5) is 0 Å². The van der Waals surface area contributed by atoms with Gasteiger partial charge in [0.15, 0.2) is 0 Å². The molecule has 8 heteroatoms. The third-order valence-electron chi connectivity index (χ3n) is 2.93. The molecule has 0 saturated heterocycles. The molecule has 2 rings (SSSR count). The van der Waals surface area contributed by atoms with E-state index in [0.717, 1.165) is 0 Å². The van der Waals surface area contributed by atoms with E-state index in [-0.39, 0.29) is 0 Å². The highest BCUT2D eigenvalue weighted by Crippen LogP contribution is 1.96. The summed E-state index contributed by atoms with van der Waals surface area (Å²) >= 11 is 0. The maximum atomic E-state index is 11.7. The number of carbonyl (C=O) groups excluding carboxylic acids is 2. The van der Waals surface area contributed by atoms with Crippen LogP contribution in [0.25, 0.3) is 0 Å². The molecule has 0 atom stereocenters. The van der Waals surface area contributed by atoms with E-state index in [2.05, 4.69) is 31.0 Å². The van der Waals surface area contributed by atoms with Crippen molar-refractivity contribution in [3.05, 3.63) is 60.2 Å². The Bertz CT molecular complexity index is 704. The molecule has 2 aromatic heterocycles. The summed E-state index contributed by atoms with van der Waals surface area (Å²) in [5, 5.41) is 7.67. The highest BCUT2D eigenvalue weighted by molar-refractivity contribution is 6.35. The molecule has 0 saturated carbocycles. The van der Waals surface area contributed by atoms with Gasteiger partial charge in [0.05, 0.1) is 22.8 Å². The monoisotopic (exact) mass is 324 g/mol. The van der Waals surface area contributed by atoms with Crippen molar-refractivity contribution in [2.75, 3.05) is 0 Å². The molecule has 122 valence electrons. The van der Waals surface area contributed by atoms with Crippen LogP contribution in [0.1, 0.15) is 25.2 Å². The van der Waals surface area contributed by atoms with Crippen molar-refractivity contribution in [3.63, 3.8) is 0 Å². The second-order valence-electron chi connectivity index (χ2n) is 4.71. The number of hydrogen-bond acceptors (Lipinski definition) is 6. The van der Waals surface area contributed by atoms with Gasteiger partial charge in [-0.1, -0.05) is 12.1 Å². The minimum absolute atomic E-state index is 0.477. The van der Waals surface area contributed by atoms with Gasteiger partial charge in [-0.2, -0.15) is 10.2 Å². The van der Waals surface area contributed by atoms with Crippen LogP contribution in [-0.2, 0) is 9.59 Å². The van der Waals surface area contributed by atoms with Crippen molar-refractivity contribution in [2.24, 2.45) is 10.2 Å². The minimum atomic E-state index is -0.928. The molecule has 2 N–H and O–H groups in total. The fourth-order valence-electron chi connectivity index (χ4n) is 1.64. The van der Waals surface area contributed by atoms with Crippen LogP contribution in [-0.4, -0.2) is 33.2 Å². The lowest BCUT2D eigenvalue weighted by Gasteiger charge is -2.02. The molecular formula is C16H16N6O2. The standard InChI is InChI=1S/C16H16N6O2/c1-11(13-7-3-5-9-17-13)19-21-15(23)16(24)22-20-12(2)14-8-4-6-10-18-14/h3-10H,1-2H3,(H,21,23)(H,22,24)/b19-11+,20-12+. The third-order valence-corrected chi connectivity index (χ3v) is 2.93.